The minimum Gasteiger partial charge on any atom is -0.455 e. The van der Waals surface area contributed by atoms with Crippen LogP contribution in [0.25, 0.3) is 98.4 Å². The lowest BCUT2D eigenvalue weighted by molar-refractivity contribution is 0.663. The highest BCUT2D eigenvalue weighted by Crippen LogP contribution is 2.48. The molecule has 0 amide bonds. The van der Waals surface area contributed by atoms with Gasteiger partial charge >= 0.3 is 0 Å². The van der Waals surface area contributed by atoms with Gasteiger partial charge in [-0.2, -0.15) is 0 Å². The largest absolute Gasteiger partial charge is 0.455 e. The fourth-order valence-corrected chi connectivity index (χ4v) is 7.41. The van der Waals surface area contributed by atoms with Crippen LogP contribution in [0.2, 0.25) is 0 Å². The molecule has 2 nitrogen and oxygen atoms in total. The normalized spacial score (nSPS) is 12.1. The highest BCUT2D eigenvalue weighted by atomic mass is 16.3. The summed E-state index contributed by atoms with van der Waals surface area (Å²) in [5, 5.41) is 11.7. The van der Waals surface area contributed by atoms with Gasteiger partial charge in [0.1, 0.15) is 22.3 Å². The van der Waals surface area contributed by atoms with Crippen molar-refractivity contribution in [2.45, 2.75) is 0 Å². The monoisotopic (exact) mass is 560 g/mol. The number of furan rings is 2. The van der Waals surface area contributed by atoms with Crippen molar-refractivity contribution < 1.29 is 8.83 Å². The van der Waals surface area contributed by atoms with Crippen LogP contribution in [0.15, 0.2) is 154 Å². The molecule has 0 spiro atoms. The van der Waals surface area contributed by atoms with Crippen LogP contribution in [0, 0.1) is 0 Å². The molecule has 0 aliphatic carbocycles. The molecule has 0 atom stereocenters. The Hall–Kier alpha value is -5.86. The summed E-state index contributed by atoms with van der Waals surface area (Å²) in [5.74, 6) is 0. The van der Waals surface area contributed by atoms with E-state index in [4.69, 9.17) is 8.83 Å². The first-order valence-electron chi connectivity index (χ1n) is 15.0. The van der Waals surface area contributed by atoms with Gasteiger partial charge in [0.05, 0.1) is 5.39 Å². The highest BCUT2D eigenvalue weighted by molar-refractivity contribution is 6.28. The number of hydrogen-bond acceptors (Lipinski definition) is 2. The van der Waals surface area contributed by atoms with Crippen LogP contribution in [-0.2, 0) is 0 Å². The van der Waals surface area contributed by atoms with E-state index in [1.54, 1.807) is 0 Å². The minimum atomic E-state index is 0.833. The maximum absolute atomic E-state index is 6.75. The van der Waals surface area contributed by atoms with E-state index in [1.165, 1.54) is 49.0 Å². The summed E-state index contributed by atoms with van der Waals surface area (Å²) in [5.41, 5.74) is 8.25. The molecule has 2 heterocycles. The first-order chi connectivity index (χ1) is 21.8. The quantitative estimate of drug-likeness (QED) is 0.197. The van der Waals surface area contributed by atoms with E-state index in [1.807, 2.05) is 12.1 Å². The summed E-state index contributed by atoms with van der Waals surface area (Å²) in [6.45, 7) is 0. The predicted molar refractivity (Wildman–Crippen MR) is 184 cm³/mol. The molecule has 44 heavy (non-hydrogen) atoms. The number of hydrogen-bond donors (Lipinski definition) is 0. The molecule has 10 aromatic rings. The van der Waals surface area contributed by atoms with Crippen LogP contribution in [0.1, 0.15) is 0 Å². The van der Waals surface area contributed by atoms with Gasteiger partial charge in [-0.25, -0.2) is 0 Å². The Balaban J connectivity index is 1.35. The van der Waals surface area contributed by atoms with Crippen LogP contribution >= 0.6 is 0 Å². The Labute approximate surface area is 252 Å². The van der Waals surface area contributed by atoms with E-state index in [-0.39, 0.29) is 0 Å². The Kier molecular flexibility index (Phi) is 4.75. The highest BCUT2D eigenvalue weighted by Gasteiger charge is 2.22. The molecule has 0 bridgehead atoms. The van der Waals surface area contributed by atoms with Gasteiger partial charge in [0, 0.05) is 27.3 Å². The molecule has 0 fully saturated rings. The zero-order valence-electron chi connectivity index (χ0n) is 23.7. The standard InChI is InChI=1S/C42H24O2/c1-2-13-26-25(11-1)12-9-19-28(26)38-29-15-3-5-17-31(29)39(32-18-6-4-16-30(32)38)34-20-10-21-35-40-37(44-41(34)35)24-23-33-27-14-7-8-22-36(27)43-42(33)40/h1-24H. The molecule has 2 aromatic heterocycles. The molecular formula is C42H24O2. The van der Waals surface area contributed by atoms with Gasteiger partial charge in [-0.1, -0.05) is 127 Å². The van der Waals surface area contributed by atoms with E-state index < -0.39 is 0 Å². The average Bonchev–Trinajstić information content (AvgIpc) is 3.66. The van der Waals surface area contributed by atoms with Crippen LogP contribution in [0.4, 0.5) is 0 Å². The van der Waals surface area contributed by atoms with Gasteiger partial charge in [0.25, 0.3) is 0 Å². The topological polar surface area (TPSA) is 26.3 Å². The van der Waals surface area contributed by atoms with Gasteiger partial charge in [-0.05, 0) is 61.6 Å². The number of para-hydroxylation sites is 2. The van der Waals surface area contributed by atoms with Gasteiger partial charge in [0.2, 0.25) is 0 Å². The van der Waals surface area contributed by atoms with Crippen molar-refractivity contribution in [1.29, 1.82) is 0 Å². The molecule has 0 unspecified atom stereocenters. The maximum atomic E-state index is 6.75. The molecule has 0 saturated heterocycles. The summed E-state index contributed by atoms with van der Waals surface area (Å²) in [6, 6.07) is 51.9. The molecule has 2 heteroatoms. The second-order valence-corrected chi connectivity index (χ2v) is 11.6. The molecule has 0 N–H and O–H groups in total. The van der Waals surface area contributed by atoms with Crippen molar-refractivity contribution in [2.24, 2.45) is 0 Å². The van der Waals surface area contributed by atoms with Crippen LogP contribution in [0.3, 0.4) is 0 Å². The fourth-order valence-electron chi connectivity index (χ4n) is 7.41. The third kappa shape index (κ3) is 3.14. The van der Waals surface area contributed by atoms with Crippen LogP contribution in [-0.4, -0.2) is 0 Å². The summed E-state index contributed by atoms with van der Waals surface area (Å²) in [6.07, 6.45) is 0. The first-order valence-corrected chi connectivity index (χ1v) is 15.0. The predicted octanol–water partition coefficient (Wildman–Crippen LogP) is 12.3. The van der Waals surface area contributed by atoms with Crippen molar-refractivity contribution in [3.05, 3.63) is 146 Å². The van der Waals surface area contributed by atoms with E-state index in [2.05, 4.69) is 133 Å². The lowest BCUT2D eigenvalue weighted by Gasteiger charge is -2.18. The van der Waals surface area contributed by atoms with Crippen molar-refractivity contribution in [3.8, 4) is 22.3 Å². The first kappa shape index (κ1) is 23.7. The van der Waals surface area contributed by atoms with Gasteiger partial charge in [-0.3, -0.25) is 0 Å². The number of benzene rings is 8. The number of rotatable bonds is 2. The SMILES string of the molecule is c1ccc2c(-c3c4ccccc4c(-c4cccc5c4oc4ccc6c7ccccc7oc6c45)c4ccccc34)cccc2c1. The lowest BCUT2D eigenvalue weighted by atomic mass is 9.84. The van der Waals surface area contributed by atoms with Gasteiger partial charge in [-0.15, -0.1) is 0 Å². The fraction of sp³-hybridized carbons (Fsp3) is 0. The van der Waals surface area contributed by atoms with Crippen molar-refractivity contribution in [3.63, 3.8) is 0 Å². The smallest absolute Gasteiger partial charge is 0.147 e. The van der Waals surface area contributed by atoms with Crippen molar-refractivity contribution in [1.82, 2.24) is 0 Å². The Morgan fingerprint density at radius 2 is 0.818 bits per heavy atom. The lowest BCUT2D eigenvalue weighted by Crippen LogP contribution is -1.91. The summed E-state index contributed by atoms with van der Waals surface area (Å²) >= 11 is 0. The van der Waals surface area contributed by atoms with E-state index >= 15 is 0 Å². The van der Waals surface area contributed by atoms with Crippen LogP contribution < -0.4 is 0 Å². The summed E-state index contributed by atoms with van der Waals surface area (Å²) in [7, 11) is 0. The second kappa shape index (κ2) is 8.82. The van der Waals surface area contributed by atoms with Crippen molar-refractivity contribution >= 4 is 76.2 Å². The van der Waals surface area contributed by atoms with E-state index in [0.717, 1.165) is 49.4 Å². The summed E-state index contributed by atoms with van der Waals surface area (Å²) < 4.78 is 13.2. The molecule has 0 saturated carbocycles. The second-order valence-electron chi connectivity index (χ2n) is 11.6. The molecule has 0 aliphatic heterocycles. The van der Waals surface area contributed by atoms with E-state index in [0.29, 0.717) is 0 Å². The zero-order valence-corrected chi connectivity index (χ0v) is 23.7. The average molecular weight is 561 g/mol. The Morgan fingerprint density at radius 1 is 0.295 bits per heavy atom. The van der Waals surface area contributed by atoms with Crippen molar-refractivity contribution in [2.75, 3.05) is 0 Å². The Morgan fingerprint density at radius 3 is 1.57 bits per heavy atom. The van der Waals surface area contributed by atoms with Gasteiger partial charge in [0.15, 0.2) is 0 Å². The third-order valence-electron chi connectivity index (χ3n) is 9.26. The third-order valence-corrected chi connectivity index (χ3v) is 9.26. The van der Waals surface area contributed by atoms with Crippen LogP contribution in [0.5, 0.6) is 0 Å². The minimum absolute atomic E-state index is 0.833. The summed E-state index contributed by atoms with van der Waals surface area (Å²) in [4.78, 5) is 0. The zero-order chi connectivity index (χ0) is 28.8. The maximum Gasteiger partial charge on any atom is 0.147 e. The van der Waals surface area contributed by atoms with E-state index in [9.17, 15) is 0 Å². The Bertz CT molecular complexity index is 2710. The molecule has 8 aromatic carbocycles. The molecule has 204 valence electrons. The number of fused-ring (bicyclic) bond motifs is 10. The molecule has 0 aliphatic rings. The molecular weight excluding hydrogens is 536 g/mol. The molecule has 10 rings (SSSR count). The van der Waals surface area contributed by atoms with Gasteiger partial charge < -0.3 is 8.83 Å². The molecule has 0 radical (unpaired) electrons.